The highest BCUT2D eigenvalue weighted by molar-refractivity contribution is 7.15. The predicted molar refractivity (Wildman–Crippen MR) is 80.9 cm³/mol. The molecule has 0 N–H and O–H groups in total. The van der Waals surface area contributed by atoms with E-state index in [2.05, 4.69) is 19.9 Å². The largest absolute Gasteiger partial charge is 0.443 e. The monoisotopic (exact) mass is 332 g/mol. The van der Waals surface area contributed by atoms with Crippen LogP contribution in [0.15, 0.2) is 23.2 Å². The van der Waals surface area contributed by atoms with E-state index in [9.17, 15) is 4.79 Å². The van der Waals surface area contributed by atoms with Crippen LogP contribution in [0, 0.1) is 0 Å². The first kappa shape index (κ1) is 13.5. The van der Waals surface area contributed by atoms with Gasteiger partial charge in [0.05, 0.1) is 11.8 Å². The average molecular weight is 333 g/mol. The van der Waals surface area contributed by atoms with Gasteiger partial charge in [-0.05, 0) is 24.4 Å². The number of fused-ring (bicyclic) bond motifs is 1. The number of thiazole rings is 1. The second-order valence-electron chi connectivity index (χ2n) is 4.83. The van der Waals surface area contributed by atoms with Crippen LogP contribution in [0.4, 0.5) is 0 Å². The molecule has 0 bridgehead atoms. The van der Waals surface area contributed by atoms with E-state index in [0.29, 0.717) is 34.1 Å². The number of ketones is 1. The molecule has 4 rings (SSSR count). The number of rotatable bonds is 2. The number of carbonyl (C=O) groups is 1. The average Bonchev–Trinajstić information content (AvgIpc) is 3.17. The van der Waals surface area contributed by atoms with Crippen LogP contribution in [-0.4, -0.2) is 25.7 Å². The summed E-state index contributed by atoms with van der Waals surface area (Å²) in [6, 6.07) is 0. The first-order valence-corrected chi connectivity index (χ1v) is 7.86. The van der Waals surface area contributed by atoms with Gasteiger partial charge in [0.25, 0.3) is 0 Å². The lowest BCUT2D eigenvalue weighted by atomic mass is 10.0. The Labute approximate surface area is 134 Å². The van der Waals surface area contributed by atoms with Crippen LogP contribution in [0.3, 0.4) is 0 Å². The van der Waals surface area contributed by atoms with Gasteiger partial charge >= 0.3 is 0 Å². The first-order valence-electron chi connectivity index (χ1n) is 6.67. The Morgan fingerprint density at radius 1 is 1.18 bits per heavy atom. The third kappa shape index (κ3) is 2.22. The number of aryl methyl sites for hydroxylation is 1. The summed E-state index contributed by atoms with van der Waals surface area (Å²) in [7, 11) is 0. The molecule has 0 fully saturated rings. The number of carbonyl (C=O) groups excluding carboxylic acids is 1. The molecule has 6 nitrogen and oxygen atoms in total. The standard InChI is InChI=1S/C14H9ClN4O2S/c15-14-17-4-7(9-5-16-6-21-9)11(19-14)13-18-12-8(20)2-1-3-10(12)22-13/h4-6H,1-3H2. The van der Waals surface area contributed by atoms with E-state index in [1.54, 1.807) is 12.4 Å². The Morgan fingerprint density at radius 2 is 2.09 bits per heavy atom. The fraction of sp³-hybridized carbons (Fsp3) is 0.214. The molecule has 8 heteroatoms. The van der Waals surface area contributed by atoms with E-state index in [4.69, 9.17) is 16.0 Å². The maximum Gasteiger partial charge on any atom is 0.223 e. The van der Waals surface area contributed by atoms with Crippen LogP contribution < -0.4 is 0 Å². The van der Waals surface area contributed by atoms with Gasteiger partial charge in [0.2, 0.25) is 5.28 Å². The molecule has 1 aliphatic rings. The SMILES string of the molecule is O=C1CCCc2sc(-c3nc(Cl)ncc3-c3cnco3)nc21. The molecule has 0 spiro atoms. The van der Waals surface area contributed by atoms with Crippen LogP contribution in [0.1, 0.15) is 28.2 Å². The Hall–Kier alpha value is -2.12. The van der Waals surface area contributed by atoms with Gasteiger partial charge in [-0.3, -0.25) is 4.79 Å². The lowest BCUT2D eigenvalue weighted by Gasteiger charge is -2.06. The summed E-state index contributed by atoms with van der Waals surface area (Å²) in [6.07, 6.45) is 6.78. The minimum Gasteiger partial charge on any atom is -0.443 e. The molecule has 0 radical (unpaired) electrons. The molecule has 3 aromatic heterocycles. The summed E-state index contributed by atoms with van der Waals surface area (Å²) < 4.78 is 5.32. The van der Waals surface area contributed by atoms with Crippen molar-refractivity contribution in [3.63, 3.8) is 0 Å². The molecule has 0 amide bonds. The predicted octanol–water partition coefficient (Wildman–Crippen LogP) is 3.43. The number of aromatic nitrogens is 4. The van der Waals surface area contributed by atoms with Gasteiger partial charge in [-0.2, -0.15) is 0 Å². The van der Waals surface area contributed by atoms with Gasteiger partial charge in [0.15, 0.2) is 17.9 Å². The van der Waals surface area contributed by atoms with Crippen LogP contribution in [0.5, 0.6) is 0 Å². The minimum absolute atomic E-state index is 0.0881. The van der Waals surface area contributed by atoms with Crippen molar-refractivity contribution in [1.29, 1.82) is 0 Å². The van der Waals surface area contributed by atoms with Crippen LogP contribution in [0.2, 0.25) is 5.28 Å². The maximum atomic E-state index is 12.0. The molecular weight excluding hydrogens is 324 g/mol. The van der Waals surface area contributed by atoms with Crippen molar-refractivity contribution in [1.82, 2.24) is 19.9 Å². The molecule has 0 saturated heterocycles. The fourth-order valence-corrected chi connectivity index (χ4v) is 3.68. The molecule has 1 aliphatic carbocycles. The molecule has 110 valence electrons. The van der Waals surface area contributed by atoms with Gasteiger partial charge < -0.3 is 4.42 Å². The van der Waals surface area contributed by atoms with Gasteiger partial charge in [-0.15, -0.1) is 11.3 Å². The molecule has 22 heavy (non-hydrogen) atoms. The maximum absolute atomic E-state index is 12.0. The normalized spacial score (nSPS) is 14.1. The molecule has 3 heterocycles. The second kappa shape index (κ2) is 5.26. The molecule has 0 atom stereocenters. The number of Topliss-reactive ketones (excluding diaryl/α,β-unsaturated/α-hetero) is 1. The number of hydrogen-bond acceptors (Lipinski definition) is 7. The van der Waals surface area contributed by atoms with Crippen LogP contribution in [0.25, 0.3) is 22.0 Å². The lowest BCUT2D eigenvalue weighted by Crippen LogP contribution is -2.08. The quantitative estimate of drug-likeness (QED) is 0.669. The van der Waals surface area contributed by atoms with Gasteiger partial charge in [-0.25, -0.2) is 19.9 Å². The third-order valence-electron chi connectivity index (χ3n) is 3.43. The third-order valence-corrected chi connectivity index (χ3v) is 4.73. The summed E-state index contributed by atoms with van der Waals surface area (Å²) >= 11 is 7.39. The van der Waals surface area contributed by atoms with Gasteiger partial charge in [0.1, 0.15) is 16.4 Å². The number of oxazole rings is 1. The van der Waals surface area contributed by atoms with Crippen LogP contribution in [-0.2, 0) is 6.42 Å². The Morgan fingerprint density at radius 3 is 2.86 bits per heavy atom. The van der Waals surface area contributed by atoms with Crippen LogP contribution >= 0.6 is 22.9 Å². The topological polar surface area (TPSA) is 81.8 Å². The zero-order valence-corrected chi connectivity index (χ0v) is 12.8. The summed E-state index contributed by atoms with van der Waals surface area (Å²) in [5.74, 6) is 0.622. The molecular formula is C14H9ClN4O2S. The molecule has 0 unspecified atom stereocenters. The van der Waals surface area contributed by atoms with Crippen molar-refractivity contribution < 1.29 is 9.21 Å². The molecule has 0 saturated carbocycles. The Balaban J connectivity index is 1.89. The van der Waals surface area contributed by atoms with Crippen molar-refractivity contribution >= 4 is 28.7 Å². The highest BCUT2D eigenvalue weighted by atomic mass is 35.5. The zero-order valence-electron chi connectivity index (χ0n) is 11.2. The summed E-state index contributed by atoms with van der Waals surface area (Å²) in [5.41, 5.74) is 1.77. The van der Waals surface area contributed by atoms with E-state index in [1.807, 2.05) is 0 Å². The molecule has 3 aromatic rings. The van der Waals surface area contributed by atoms with Crippen molar-refractivity contribution in [2.24, 2.45) is 0 Å². The number of halogens is 1. The van der Waals surface area contributed by atoms with E-state index in [-0.39, 0.29) is 11.1 Å². The Kier molecular flexibility index (Phi) is 3.24. The van der Waals surface area contributed by atoms with E-state index in [1.165, 1.54) is 17.7 Å². The van der Waals surface area contributed by atoms with Crippen molar-refractivity contribution in [2.45, 2.75) is 19.3 Å². The summed E-state index contributed by atoms with van der Waals surface area (Å²) in [4.78, 5) is 29.6. The van der Waals surface area contributed by atoms with E-state index < -0.39 is 0 Å². The summed E-state index contributed by atoms with van der Waals surface area (Å²) in [6.45, 7) is 0. The molecule has 0 aromatic carbocycles. The van der Waals surface area contributed by atoms with Crippen molar-refractivity contribution in [3.05, 3.63) is 34.6 Å². The van der Waals surface area contributed by atoms with E-state index >= 15 is 0 Å². The van der Waals surface area contributed by atoms with Crippen molar-refractivity contribution in [2.75, 3.05) is 0 Å². The first-order chi connectivity index (χ1) is 10.7. The number of nitrogens with zero attached hydrogens (tertiary/aromatic N) is 4. The highest BCUT2D eigenvalue weighted by Crippen LogP contribution is 2.36. The fourth-order valence-electron chi connectivity index (χ4n) is 2.42. The minimum atomic E-state index is 0.0881. The van der Waals surface area contributed by atoms with Gasteiger partial charge in [0, 0.05) is 17.5 Å². The lowest BCUT2D eigenvalue weighted by molar-refractivity contribution is 0.0968. The summed E-state index contributed by atoms with van der Waals surface area (Å²) in [5, 5.41) is 0.772. The number of hydrogen-bond donors (Lipinski definition) is 0. The van der Waals surface area contributed by atoms with E-state index in [0.717, 1.165) is 17.7 Å². The Bertz CT molecular complexity index is 860. The smallest absolute Gasteiger partial charge is 0.223 e. The van der Waals surface area contributed by atoms with Crippen molar-refractivity contribution in [3.8, 4) is 22.0 Å². The second-order valence-corrected chi connectivity index (χ2v) is 6.26. The highest BCUT2D eigenvalue weighted by Gasteiger charge is 2.25. The molecule has 0 aliphatic heterocycles. The zero-order chi connectivity index (χ0) is 15.1. The van der Waals surface area contributed by atoms with Gasteiger partial charge in [-0.1, -0.05) is 0 Å².